The van der Waals surface area contributed by atoms with Gasteiger partial charge in [-0.1, -0.05) is 15.9 Å². The molecule has 0 aliphatic carbocycles. The van der Waals surface area contributed by atoms with Crippen LogP contribution >= 0.6 is 15.9 Å². The fourth-order valence-electron chi connectivity index (χ4n) is 1.19. The number of ketones is 1. The van der Waals surface area contributed by atoms with Crippen LogP contribution in [0.15, 0.2) is 24.3 Å². The van der Waals surface area contributed by atoms with Gasteiger partial charge in [-0.3, -0.25) is 10.1 Å². The lowest BCUT2D eigenvalue weighted by Crippen LogP contribution is -2.16. The Bertz CT molecular complexity index is 405. The molecule has 0 unspecified atom stereocenters. The number of hydrogen-bond donors (Lipinski definition) is 1. The van der Waals surface area contributed by atoms with Crippen LogP contribution in [-0.2, 0) is 9.47 Å². The SMILES string of the molecule is COCCOC(=O)Nc1ccc(C(=O)CBr)cc1. The Morgan fingerprint density at radius 2 is 1.89 bits per heavy atom. The van der Waals surface area contributed by atoms with Crippen LogP contribution in [0.1, 0.15) is 10.4 Å². The van der Waals surface area contributed by atoms with E-state index in [0.717, 1.165) is 0 Å². The molecule has 18 heavy (non-hydrogen) atoms. The molecule has 0 heterocycles. The highest BCUT2D eigenvalue weighted by Crippen LogP contribution is 2.11. The van der Waals surface area contributed by atoms with Crippen LogP contribution in [0.25, 0.3) is 0 Å². The van der Waals surface area contributed by atoms with Gasteiger partial charge in [0.15, 0.2) is 5.78 Å². The number of benzene rings is 1. The number of nitrogens with one attached hydrogen (secondary N) is 1. The molecule has 98 valence electrons. The number of rotatable bonds is 6. The van der Waals surface area contributed by atoms with Crippen LogP contribution in [-0.4, -0.2) is 37.5 Å². The van der Waals surface area contributed by atoms with E-state index in [1.165, 1.54) is 7.11 Å². The van der Waals surface area contributed by atoms with E-state index in [1.54, 1.807) is 24.3 Å². The maximum Gasteiger partial charge on any atom is 0.411 e. The molecule has 0 bridgehead atoms. The summed E-state index contributed by atoms with van der Waals surface area (Å²) in [6.07, 6.45) is -0.549. The van der Waals surface area contributed by atoms with Crippen molar-refractivity contribution >= 4 is 33.5 Å². The molecule has 0 radical (unpaired) electrons. The molecule has 6 heteroatoms. The lowest BCUT2D eigenvalue weighted by atomic mass is 10.1. The van der Waals surface area contributed by atoms with Gasteiger partial charge in [0.2, 0.25) is 0 Å². The Balaban J connectivity index is 2.48. The van der Waals surface area contributed by atoms with E-state index >= 15 is 0 Å². The summed E-state index contributed by atoms with van der Waals surface area (Å²) < 4.78 is 9.59. The summed E-state index contributed by atoms with van der Waals surface area (Å²) in [6.45, 7) is 0.550. The topological polar surface area (TPSA) is 64.6 Å². The number of carbonyl (C=O) groups excluding carboxylic acids is 2. The normalized spacial score (nSPS) is 9.89. The minimum absolute atomic E-state index is 0.00998. The van der Waals surface area contributed by atoms with E-state index in [1.807, 2.05) is 0 Å². The van der Waals surface area contributed by atoms with E-state index < -0.39 is 6.09 Å². The number of amides is 1. The zero-order valence-electron chi connectivity index (χ0n) is 9.94. The molecule has 0 spiro atoms. The minimum atomic E-state index is -0.549. The van der Waals surface area contributed by atoms with Crippen molar-refractivity contribution in [3.05, 3.63) is 29.8 Å². The molecule has 1 amide bonds. The highest BCUT2D eigenvalue weighted by atomic mass is 79.9. The zero-order valence-corrected chi connectivity index (χ0v) is 11.5. The average molecular weight is 316 g/mol. The second-order valence-electron chi connectivity index (χ2n) is 3.39. The van der Waals surface area contributed by atoms with Gasteiger partial charge in [0.1, 0.15) is 6.61 Å². The van der Waals surface area contributed by atoms with E-state index in [0.29, 0.717) is 17.9 Å². The molecule has 5 nitrogen and oxygen atoms in total. The summed E-state index contributed by atoms with van der Waals surface area (Å²) in [5, 5.41) is 2.82. The van der Waals surface area contributed by atoms with Crippen molar-refractivity contribution in [3.63, 3.8) is 0 Å². The maximum absolute atomic E-state index is 11.3. The Morgan fingerprint density at radius 3 is 2.44 bits per heavy atom. The molecular formula is C12H14BrNO4. The Hall–Kier alpha value is -1.40. The van der Waals surface area contributed by atoms with Gasteiger partial charge >= 0.3 is 6.09 Å². The number of halogens is 1. The third kappa shape index (κ3) is 4.85. The summed E-state index contributed by atoms with van der Waals surface area (Å²) in [5.74, 6) is -0.00998. The van der Waals surface area contributed by atoms with Crippen LogP contribution in [0.5, 0.6) is 0 Å². The van der Waals surface area contributed by atoms with Crippen molar-refractivity contribution < 1.29 is 19.1 Å². The van der Waals surface area contributed by atoms with Crippen LogP contribution < -0.4 is 5.32 Å². The van der Waals surface area contributed by atoms with Crippen molar-refractivity contribution in [2.75, 3.05) is 31.0 Å². The van der Waals surface area contributed by atoms with Gasteiger partial charge in [-0.25, -0.2) is 4.79 Å². The first-order valence-corrected chi connectivity index (χ1v) is 6.41. The second kappa shape index (κ2) is 7.84. The highest BCUT2D eigenvalue weighted by molar-refractivity contribution is 9.09. The predicted octanol–water partition coefficient (Wildman–Crippen LogP) is 2.46. The van der Waals surface area contributed by atoms with Gasteiger partial charge in [0, 0.05) is 18.4 Å². The first-order valence-electron chi connectivity index (χ1n) is 5.29. The molecule has 1 N–H and O–H groups in total. The van der Waals surface area contributed by atoms with Crippen molar-refractivity contribution in [1.82, 2.24) is 0 Å². The first kappa shape index (κ1) is 14.7. The average Bonchev–Trinajstić information content (AvgIpc) is 2.39. The van der Waals surface area contributed by atoms with E-state index in [9.17, 15) is 9.59 Å². The molecule has 1 aromatic carbocycles. The van der Waals surface area contributed by atoms with Gasteiger partial charge in [0.25, 0.3) is 0 Å². The summed E-state index contributed by atoms with van der Waals surface area (Å²) in [6, 6.07) is 6.59. The summed E-state index contributed by atoms with van der Waals surface area (Å²) in [4.78, 5) is 22.6. The molecule has 0 fully saturated rings. The quantitative estimate of drug-likeness (QED) is 0.497. The van der Waals surface area contributed by atoms with Crippen LogP contribution in [0.4, 0.5) is 10.5 Å². The molecule has 0 aliphatic heterocycles. The van der Waals surface area contributed by atoms with Crippen LogP contribution in [0.3, 0.4) is 0 Å². The van der Waals surface area contributed by atoms with E-state index in [4.69, 9.17) is 9.47 Å². The van der Waals surface area contributed by atoms with E-state index in [2.05, 4.69) is 21.2 Å². The Kier molecular flexibility index (Phi) is 6.38. The highest BCUT2D eigenvalue weighted by Gasteiger charge is 2.05. The monoisotopic (exact) mass is 315 g/mol. The molecule has 0 saturated carbocycles. The van der Waals surface area contributed by atoms with Crippen molar-refractivity contribution in [2.24, 2.45) is 0 Å². The predicted molar refractivity (Wildman–Crippen MR) is 71.4 cm³/mol. The molecule has 0 aliphatic rings. The molecule has 1 aromatic rings. The number of Topliss-reactive ketones (excluding diaryl/α,β-unsaturated/α-hetero) is 1. The summed E-state index contributed by atoms with van der Waals surface area (Å²) in [7, 11) is 1.53. The lowest BCUT2D eigenvalue weighted by Gasteiger charge is -2.06. The summed E-state index contributed by atoms with van der Waals surface area (Å²) >= 11 is 3.09. The third-order valence-corrected chi connectivity index (χ3v) is 2.60. The molecule has 0 aromatic heterocycles. The number of hydrogen-bond acceptors (Lipinski definition) is 4. The van der Waals surface area contributed by atoms with Gasteiger partial charge in [0.05, 0.1) is 11.9 Å². The van der Waals surface area contributed by atoms with Crippen molar-refractivity contribution in [1.29, 1.82) is 0 Å². The number of carbonyl (C=O) groups is 2. The maximum atomic E-state index is 11.3. The van der Waals surface area contributed by atoms with Gasteiger partial charge in [-0.05, 0) is 24.3 Å². The largest absolute Gasteiger partial charge is 0.447 e. The fourth-order valence-corrected chi connectivity index (χ4v) is 1.51. The standard InChI is InChI=1S/C12H14BrNO4/c1-17-6-7-18-12(16)14-10-4-2-9(3-5-10)11(15)8-13/h2-5H,6-8H2,1H3,(H,14,16). The van der Waals surface area contributed by atoms with Gasteiger partial charge in [-0.15, -0.1) is 0 Å². The fraction of sp³-hybridized carbons (Fsp3) is 0.333. The summed E-state index contributed by atoms with van der Waals surface area (Å²) in [5.41, 5.74) is 1.16. The van der Waals surface area contributed by atoms with Crippen molar-refractivity contribution in [3.8, 4) is 0 Å². The Labute approximate surface area is 114 Å². The first-order chi connectivity index (χ1) is 8.67. The number of ether oxygens (including phenoxy) is 2. The smallest absolute Gasteiger partial charge is 0.411 e. The molecule has 1 rings (SSSR count). The second-order valence-corrected chi connectivity index (χ2v) is 3.95. The van der Waals surface area contributed by atoms with Crippen LogP contribution in [0.2, 0.25) is 0 Å². The Morgan fingerprint density at radius 1 is 1.22 bits per heavy atom. The molecule has 0 saturated heterocycles. The minimum Gasteiger partial charge on any atom is -0.447 e. The van der Waals surface area contributed by atoms with Gasteiger partial charge < -0.3 is 9.47 Å². The van der Waals surface area contributed by atoms with Gasteiger partial charge in [-0.2, -0.15) is 0 Å². The van der Waals surface area contributed by atoms with E-state index in [-0.39, 0.29) is 17.7 Å². The molecule has 0 atom stereocenters. The number of alkyl halides is 1. The zero-order chi connectivity index (χ0) is 13.4. The number of methoxy groups -OCH3 is 1. The van der Waals surface area contributed by atoms with Crippen molar-refractivity contribution in [2.45, 2.75) is 0 Å². The number of anilines is 1. The van der Waals surface area contributed by atoms with Crippen LogP contribution in [0, 0.1) is 0 Å². The lowest BCUT2D eigenvalue weighted by molar-refractivity contribution is 0.102. The molecular weight excluding hydrogens is 302 g/mol. The third-order valence-electron chi connectivity index (χ3n) is 2.10.